The minimum absolute atomic E-state index is 0.999. The topological polar surface area (TPSA) is 9.86 Å². The van der Waals surface area contributed by atoms with Gasteiger partial charge in [0.2, 0.25) is 0 Å². The maximum absolute atomic E-state index is 2.58. The summed E-state index contributed by atoms with van der Waals surface area (Å²) in [6.45, 7) is 0. The number of nitrogens with zero attached hydrogens (tertiary/aromatic N) is 2. The minimum atomic E-state index is 0.999. The maximum atomic E-state index is 2.58. The summed E-state index contributed by atoms with van der Waals surface area (Å²) in [6.07, 6.45) is 7.93. The van der Waals surface area contributed by atoms with Crippen LogP contribution >= 0.6 is 0 Å². The van der Waals surface area contributed by atoms with Crippen molar-refractivity contribution < 1.29 is 0 Å². The molecular formula is C47H34N2. The molecule has 0 unspecified atom stereocenters. The van der Waals surface area contributed by atoms with Crippen molar-refractivity contribution in [3.8, 4) is 16.8 Å². The number of aromatic nitrogens is 2. The Labute approximate surface area is 285 Å². The van der Waals surface area contributed by atoms with Gasteiger partial charge in [0, 0.05) is 32.9 Å². The standard InChI is InChI=1S/C47H34N2/c1-2-13-32(14-3-1)35-18-11-20-37(31-35)49-45-26-9-7-23-41(45)43-30-29-42-40-22-6-8-25-44(40)48(46(42)47(43)49)36-19-10-16-34(27-28-36)39-24-12-17-33-15-4-5-21-38(33)39/h1-9,11-15,17-18,20-31H,10,16,19H2. The lowest BCUT2D eigenvalue weighted by Crippen LogP contribution is -2.00. The molecule has 0 atom stereocenters. The molecule has 0 bridgehead atoms. The van der Waals surface area contributed by atoms with Gasteiger partial charge in [0.1, 0.15) is 0 Å². The van der Waals surface area contributed by atoms with E-state index in [2.05, 4.69) is 179 Å². The molecule has 0 saturated heterocycles. The van der Waals surface area contributed by atoms with E-state index in [1.165, 1.54) is 88.0 Å². The van der Waals surface area contributed by atoms with E-state index in [1.54, 1.807) is 0 Å². The lowest BCUT2D eigenvalue weighted by Gasteiger charge is -2.15. The number of fused-ring (bicyclic) bond motifs is 8. The van der Waals surface area contributed by atoms with Crippen molar-refractivity contribution in [2.75, 3.05) is 0 Å². The van der Waals surface area contributed by atoms with E-state index in [9.17, 15) is 0 Å². The van der Waals surface area contributed by atoms with E-state index in [1.807, 2.05) is 0 Å². The molecule has 2 aromatic heterocycles. The van der Waals surface area contributed by atoms with Crippen molar-refractivity contribution in [1.82, 2.24) is 9.13 Å². The van der Waals surface area contributed by atoms with Crippen LogP contribution in [-0.4, -0.2) is 9.13 Å². The van der Waals surface area contributed by atoms with Crippen molar-refractivity contribution in [2.45, 2.75) is 19.3 Å². The van der Waals surface area contributed by atoms with Crippen molar-refractivity contribution in [1.29, 1.82) is 0 Å². The lowest BCUT2D eigenvalue weighted by atomic mass is 9.95. The van der Waals surface area contributed by atoms with Gasteiger partial charge >= 0.3 is 0 Å². The monoisotopic (exact) mass is 626 g/mol. The third kappa shape index (κ3) is 4.41. The molecule has 1 aliphatic carbocycles. The molecule has 0 amide bonds. The van der Waals surface area contributed by atoms with E-state index in [0.29, 0.717) is 0 Å². The zero-order valence-corrected chi connectivity index (χ0v) is 27.2. The summed E-state index contributed by atoms with van der Waals surface area (Å²) in [6, 6.07) is 57.7. The third-order valence-electron chi connectivity index (χ3n) is 10.5. The second-order valence-corrected chi connectivity index (χ2v) is 13.2. The molecule has 0 saturated carbocycles. The Morgan fingerprint density at radius 1 is 0.408 bits per heavy atom. The van der Waals surface area contributed by atoms with E-state index in [0.717, 1.165) is 19.3 Å². The van der Waals surface area contributed by atoms with Crippen LogP contribution < -0.4 is 0 Å². The normalized spacial score (nSPS) is 13.7. The fourth-order valence-electron chi connectivity index (χ4n) is 8.26. The van der Waals surface area contributed by atoms with Gasteiger partial charge in [-0.15, -0.1) is 0 Å². The van der Waals surface area contributed by atoms with Crippen LogP contribution in [-0.2, 0) is 0 Å². The first kappa shape index (κ1) is 27.9. The predicted molar refractivity (Wildman–Crippen MR) is 209 cm³/mol. The molecule has 0 radical (unpaired) electrons. The van der Waals surface area contributed by atoms with E-state index in [4.69, 9.17) is 0 Å². The Hall–Kier alpha value is -6.12. The summed E-state index contributed by atoms with van der Waals surface area (Å²) in [4.78, 5) is 0. The smallest absolute Gasteiger partial charge is 0.0788 e. The molecule has 232 valence electrons. The van der Waals surface area contributed by atoms with Crippen molar-refractivity contribution in [3.63, 3.8) is 0 Å². The number of allylic oxidation sites excluding steroid dienone is 4. The molecule has 7 aromatic carbocycles. The molecule has 2 heterocycles. The summed E-state index contributed by atoms with van der Waals surface area (Å²) in [5.74, 6) is 0. The largest absolute Gasteiger partial charge is 0.311 e. The fourth-order valence-corrected chi connectivity index (χ4v) is 8.26. The van der Waals surface area contributed by atoms with Gasteiger partial charge in [-0.2, -0.15) is 0 Å². The highest BCUT2D eigenvalue weighted by Gasteiger charge is 2.22. The van der Waals surface area contributed by atoms with Crippen molar-refractivity contribution in [3.05, 3.63) is 175 Å². The molecule has 2 nitrogen and oxygen atoms in total. The summed E-state index contributed by atoms with van der Waals surface area (Å²) >= 11 is 0. The molecule has 0 aliphatic heterocycles. The Morgan fingerprint density at radius 3 is 1.82 bits per heavy atom. The molecule has 49 heavy (non-hydrogen) atoms. The summed E-state index contributed by atoms with van der Waals surface area (Å²) in [7, 11) is 0. The van der Waals surface area contributed by atoms with Crippen LogP contribution in [0, 0.1) is 0 Å². The number of hydrogen-bond acceptors (Lipinski definition) is 0. The number of hydrogen-bond donors (Lipinski definition) is 0. The van der Waals surface area contributed by atoms with Crippen LogP contribution in [0.4, 0.5) is 0 Å². The number of benzene rings is 7. The van der Waals surface area contributed by atoms with Crippen LogP contribution in [0.3, 0.4) is 0 Å². The van der Waals surface area contributed by atoms with Gasteiger partial charge in [-0.3, -0.25) is 0 Å². The van der Waals surface area contributed by atoms with Gasteiger partial charge in [0.15, 0.2) is 0 Å². The average molecular weight is 627 g/mol. The zero-order valence-electron chi connectivity index (χ0n) is 27.2. The Balaban J connectivity index is 1.27. The van der Waals surface area contributed by atoms with Gasteiger partial charge in [-0.25, -0.2) is 0 Å². The second-order valence-electron chi connectivity index (χ2n) is 13.2. The molecule has 2 heteroatoms. The molecule has 1 aliphatic rings. The van der Waals surface area contributed by atoms with Crippen LogP contribution in [0.5, 0.6) is 0 Å². The van der Waals surface area contributed by atoms with Crippen molar-refractivity contribution >= 4 is 65.7 Å². The van der Waals surface area contributed by atoms with E-state index < -0.39 is 0 Å². The number of para-hydroxylation sites is 2. The predicted octanol–water partition coefficient (Wildman–Crippen LogP) is 12.8. The van der Waals surface area contributed by atoms with Crippen LogP contribution in [0.1, 0.15) is 24.8 Å². The first-order chi connectivity index (χ1) is 24.3. The average Bonchev–Trinajstić information content (AvgIpc) is 3.57. The Kier molecular flexibility index (Phi) is 6.41. The van der Waals surface area contributed by atoms with Crippen LogP contribution in [0.15, 0.2) is 170 Å². The number of rotatable bonds is 4. The molecule has 9 aromatic rings. The van der Waals surface area contributed by atoms with Gasteiger partial charge in [0.05, 0.1) is 22.1 Å². The molecular weight excluding hydrogens is 593 g/mol. The highest BCUT2D eigenvalue weighted by atomic mass is 15.0. The zero-order chi connectivity index (χ0) is 32.3. The van der Waals surface area contributed by atoms with E-state index >= 15 is 0 Å². The quantitative estimate of drug-likeness (QED) is 0.184. The SMILES string of the molecule is C1=C(c2cccc3ccccc23)CCCC(n2c3ccccc3c3ccc4c5ccccc5n(-c5cccc(-c6ccccc6)c5)c4c32)=C1. The van der Waals surface area contributed by atoms with Crippen LogP contribution in [0.2, 0.25) is 0 Å². The Bertz CT molecular complexity index is 2780. The lowest BCUT2D eigenvalue weighted by molar-refractivity contribution is 0.870. The Morgan fingerprint density at radius 2 is 1.02 bits per heavy atom. The minimum Gasteiger partial charge on any atom is -0.311 e. The van der Waals surface area contributed by atoms with Gasteiger partial charge in [-0.1, -0.05) is 140 Å². The highest BCUT2D eigenvalue weighted by molar-refractivity contribution is 6.24. The molecule has 10 rings (SSSR count). The molecule has 0 spiro atoms. The molecule has 0 N–H and O–H groups in total. The van der Waals surface area contributed by atoms with Crippen LogP contribution in [0.25, 0.3) is 82.5 Å². The maximum Gasteiger partial charge on any atom is 0.0788 e. The van der Waals surface area contributed by atoms with E-state index in [-0.39, 0.29) is 0 Å². The summed E-state index contributed by atoms with van der Waals surface area (Å²) in [5, 5.41) is 7.75. The molecule has 0 fully saturated rings. The van der Waals surface area contributed by atoms with Gasteiger partial charge < -0.3 is 9.13 Å². The fraction of sp³-hybridized carbons (Fsp3) is 0.0638. The first-order valence-electron chi connectivity index (χ1n) is 17.3. The van der Waals surface area contributed by atoms with Gasteiger partial charge in [0.25, 0.3) is 0 Å². The summed E-state index contributed by atoms with van der Waals surface area (Å²) in [5.41, 5.74) is 12.7. The summed E-state index contributed by atoms with van der Waals surface area (Å²) < 4.78 is 5.08. The first-order valence-corrected chi connectivity index (χ1v) is 17.3. The van der Waals surface area contributed by atoms with Gasteiger partial charge in [-0.05, 0) is 82.6 Å². The van der Waals surface area contributed by atoms with Crippen molar-refractivity contribution in [2.24, 2.45) is 0 Å². The second kappa shape index (κ2) is 11.2. The highest BCUT2D eigenvalue weighted by Crippen LogP contribution is 2.43. The third-order valence-corrected chi connectivity index (χ3v) is 10.5.